The molecule has 1 aliphatic heterocycles. The molecule has 2 heterocycles. The Morgan fingerprint density at radius 3 is 2.59 bits per heavy atom. The first kappa shape index (κ1) is 18.2. The van der Waals surface area contributed by atoms with Crippen molar-refractivity contribution in [2.45, 2.75) is 51.1 Å². The first-order valence-corrected chi connectivity index (χ1v) is 10.0. The fraction of sp³-hybridized carbons (Fsp3) is 0.545. The van der Waals surface area contributed by atoms with Gasteiger partial charge in [-0.15, -0.1) is 0 Å². The molecule has 1 fully saturated rings. The van der Waals surface area contributed by atoms with Gasteiger partial charge in [-0.3, -0.25) is 0 Å². The van der Waals surface area contributed by atoms with E-state index in [1.807, 2.05) is 0 Å². The lowest BCUT2D eigenvalue weighted by atomic mass is 9.85. The van der Waals surface area contributed by atoms with Crippen LogP contribution in [0.5, 0.6) is 0 Å². The van der Waals surface area contributed by atoms with E-state index in [2.05, 4.69) is 73.4 Å². The van der Waals surface area contributed by atoms with E-state index in [1.54, 1.807) is 0 Å². The Morgan fingerprint density at radius 2 is 1.89 bits per heavy atom. The lowest BCUT2D eigenvalue weighted by molar-refractivity contribution is 0.424. The monoisotopic (exact) mass is 365 g/mol. The van der Waals surface area contributed by atoms with Crippen molar-refractivity contribution in [3.8, 4) is 0 Å². The molecule has 0 spiro atoms. The molecule has 144 valence electrons. The van der Waals surface area contributed by atoms with E-state index in [9.17, 15) is 0 Å². The van der Waals surface area contributed by atoms with Gasteiger partial charge in [0.1, 0.15) is 17.5 Å². The van der Waals surface area contributed by atoms with Crippen molar-refractivity contribution in [2.75, 3.05) is 37.4 Å². The Morgan fingerprint density at radius 1 is 1.15 bits per heavy atom. The highest BCUT2D eigenvalue weighted by molar-refractivity contribution is 5.54. The molecule has 0 amide bonds. The van der Waals surface area contributed by atoms with Crippen LogP contribution in [0.4, 0.5) is 11.6 Å². The summed E-state index contributed by atoms with van der Waals surface area (Å²) < 4.78 is 0. The van der Waals surface area contributed by atoms with E-state index in [0.717, 1.165) is 43.5 Å². The van der Waals surface area contributed by atoms with Crippen molar-refractivity contribution < 1.29 is 0 Å². The van der Waals surface area contributed by atoms with Crippen molar-refractivity contribution in [1.82, 2.24) is 14.9 Å². The number of rotatable bonds is 6. The molecular formula is C22H31N5. The summed E-state index contributed by atoms with van der Waals surface area (Å²) in [6.45, 7) is 7.42. The summed E-state index contributed by atoms with van der Waals surface area (Å²) in [7, 11) is 4.19. The lowest BCUT2D eigenvalue weighted by Gasteiger charge is -2.44. The van der Waals surface area contributed by atoms with Crippen LogP contribution in [0.25, 0.3) is 0 Å². The molecule has 2 aromatic rings. The molecule has 5 heteroatoms. The van der Waals surface area contributed by atoms with Crippen LogP contribution in [-0.2, 0) is 13.0 Å². The maximum atomic E-state index is 5.00. The van der Waals surface area contributed by atoms with E-state index in [0.29, 0.717) is 5.92 Å². The molecule has 1 N–H and O–H groups in total. The molecular weight excluding hydrogens is 334 g/mol. The normalized spacial score (nSPS) is 18.5. The van der Waals surface area contributed by atoms with Gasteiger partial charge in [0.2, 0.25) is 0 Å². The molecule has 27 heavy (non-hydrogen) atoms. The van der Waals surface area contributed by atoms with Gasteiger partial charge in [0.15, 0.2) is 0 Å². The summed E-state index contributed by atoms with van der Waals surface area (Å²) in [5, 5.41) is 3.51. The van der Waals surface area contributed by atoms with E-state index < -0.39 is 0 Å². The highest BCUT2D eigenvalue weighted by Gasteiger charge is 2.35. The topological polar surface area (TPSA) is 44.3 Å². The van der Waals surface area contributed by atoms with Crippen molar-refractivity contribution >= 4 is 11.6 Å². The first-order chi connectivity index (χ1) is 12.9. The van der Waals surface area contributed by atoms with Crippen LogP contribution in [0.3, 0.4) is 0 Å². The Kier molecular flexibility index (Phi) is 4.81. The van der Waals surface area contributed by atoms with Gasteiger partial charge in [0.25, 0.3) is 0 Å². The minimum atomic E-state index is 0.0322. The summed E-state index contributed by atoms with van der Waals surface area (Å²) in [5.41, 5.74) is 2.90. The third kappa shape index (κ3) is 4.08. The fourth-order valence-electron chi connectivity index (χ4n) is 3.83. The maximum absolute atomic E-state index is 5.00. The highest BCUT2D eigenvalue weighted by atomic mass is 15.3. The van der Waals surface area contributed by atoms with Crippen molar-refractivity contribution in [2.24, 2.45) is 0 Å². The molecule has 0 atom stereocenters. The molecule has 1 aromatic heterocycles. The summed E-state index contributed by atoms with van der Waals surface area (Å²) in [6, 6.07) is 10.9. The molecule has 0 bridgehead atoms. The molecule has 2 aliphatic rings. The summed E-state index contributed by atoms with van der Waals surface area (Å²) >= 11 is 0. The number of likely N-dealkylation sites (N-methyl/N-ethyl adjacent to an activating group) is 1. The molecule has 4 rings (SSSR count). The zero-order valence-electron chi connectivity index (χ0n) is 17.0. The standard InChI is InChI=1S/C22H31N5/c1-22(2)14-17-7-5-6-8-18(17)15-27(22)20-13-19(23-11-12-26(3)4)24-21(25-20)16-9-10-16/h5-8,13,16H,9-12,14-15H2,1-4H3,(H,23,24,25). The smallest absolute Gasteiger partial charge is 0.136 e. The van der Waals surface area contributed by atoms with Crippen molar-refractivity contribution in [3.63, 3.8) is 0 Å². The number of nitrogens with zero attached hydrogens (tertiary/aromatic N) is 4. The number of nitrogens with one attached hydrogen (secondary N) is 1. The number of hydrogen-bond acceptors (Lipinski definition) is 5. The second-order valence-corrected chi connectivity index (χ2v) is 8.82. The molecule has 0 unspecified atom stereocenters. The molecule has 0 saturated heterocycles. The van der Waals surface area contributed by atoms with Gasteiger partial charge in [0, 0.05) is 37.2 Å². The Bertz CT molecular complexity index is 810. The van der Waals surface area contributed by atoms with Gasteiger partial charge in [-0.1, -0.05) is 24.3 Å². The minimum absolute atomic E-state index is 0.0322. The molecule has 1 aromatic carbocycles. The summed E-state index contributed by atoms with van der Waals surface area (Å²) in [6.07, 6.45) is 3.47. The van der Waals surface area contributed by atoms with E-state index in [4.69, 9.17) is 9.97 Å². The first-order valence-electron chi connectivity index (χ1n) is 10.0. The van der Waals surface area contributed by atoms with E-state index in [1.165, 1.54) is 24.0 Å². The zero-order valence-corrected chi connectivity index (χ0v) is 17.0. The second-order valence-electron chi connectivity index (χ2n) is 8.82. The van der Waals surface area contributed by atoms with Crippen LogP contribution < -0.4 is 10.2 Å². The van der Waals surface area contributed by atoms with Gasteiger partial charge in [-0.05, 0) is 58.3 Å². The average Bonchev–Trinajstić information content (AvgIpc) is 3.45. The highest BCUT2D eigenvalue weighted by Crippen LogP contribution is 2.40. The number of anilines is 2. The van der Waals surface area contributed by atoms with Crippen LogP contribution in [0.2, 0.25) is 0 Å². The number of benzene rings is 1. The molecule has 1 saturated carbocycles. The van der Waals surface area contributed by atoms with Crippen LogP contribution in [-0.4, -0.2) is 47.6 Å². The minimum Gasteiger partial charge on any atom is -0.369 e. The Labute approximate surface area is 162 Å². The molecule has 0 radical (unpaired) electrons. The Hall–Kier alpha value is -2.14. The van der Waals surface area contributed by atoms with Crippen molar-refractivity contribution in [3.05, 3.63) is 47.3 Å². The van der Waals surface area contributed by atoms with Crippen LogP contribution in [0.15, 0.2) is 30.3 Å². The third-order valence-electron chi connectivity index (χ3n) is 5.61. The molecule has 5 nitrogen and oxygen atoms in total. The molecule has 1 aliphatic carbocycles. The summed E-state index contributed by atoms with van der Waals surface area (Å²) in [5.74, 6) is 3.56. The predicted molar refractivity (Wildman–Crippen MR) is 111 cm³/mol. The van der Waals surface area contributed by atoms with Gasteiger partial charge >= 0.3 is 0 Å². The third-order valence-corrected chi connectivity index (χ3v) is 5.61. The van der Waals surface area contributed by atoms with Crippen LogP contribution in [0, 0.1) is 0 Å². The van der Waals surface area contributed by atoms with Crippen LogP contribution in [0.1, 0.15) is 49.6 Å². The quantitative estimate of drug-likeness (QED) is 0.846. The van der Waals surface area contributed by atoms with Crippen molar-refractivity contribution in [1.29, 1.82) is 0 Å². The summed E-state index contributed by atoms with van der Waals surface area (Å²) in [4.78, 5) is 14.4. The average molecular weight is 366 g/mol. The number of aromatic nitrogens is 2. The van der Waals surface area contributed by atoms with E-state index in [-0.39, 0.29) is 5.54 Å². The van der Waals surface area contributed by atoms with E-state index >= 15 is 0 Å². The van der Waals surface area contributed by atoms with Gasteiger partial charge in [0.05, 0.1) is 0 Å². The fourth-order valence-corrected chi connectivity index (χ4v) is 3.83. The zero-order chi connectivity index (χ0) is 19.0. The maximum Gasteiger partial charge on any atom is 0.136 e. The van der Waals surface area contributed by atoms with Crippen LogP contribution >= 0.6 is 0 Å². The number of hydrogen-bond donors (Lipinski definition) is 1. The SMILES string of the molecule is CN(C)CCNc1cc(N2Cc3ccccc3CC2(C)C)nc(C2CC2)n1. The lowest BCUT2D eigenvalue weighted by Crippen LogP contribution is -2.49. The second kappa shape index (κ2) is 7.12. The largest absolute Gasteiger partial charge is 0.369 e. The van der Waals surface area contributed by atoms with Gasteiger partial charge in [-0.2, -0.15) is 0 Å². The van der Waals surface area contributed by atoms with Gasteiger partial charge in [-0.25, -0.2) is 9.97 Å². The van der Waals surface area contributed by atoms with Gasteiger partial charge < -0.3 is 15.1 Å². The predicted octanol–water partition coefficient (Wildman–Crippen LogP) is 3.67. The Balaban J connectivity index is 1.64. The number of fused-ring (bicyclic) bond motifs is 1.